The fraction of sp³-hybridized carbons (Fsp3) is 0.435. The smallest absolute Gasteiger partial charge is 0.191 e. The third-order valence-corrected chi connectivity index (χ3v) is 5.17. The molecule has 1 aliphatic heterocycles. The number of nitrogens with zero attached hydrogens (tertiary/aromatic N) is 2. The SMILES string of the molecule is CN1CCN(CC(O)COC(Cc2ccccc2)C(=O)c2ccccc2)CC1.Cl.Cl. The topological polar surface area (TPSA) is 53.0 Å². The molecule has 2 aromatic carbocycles. The quantitative estimate of drug-likeness (QED) is 0.590. The van der Waals surface area contributed by atoms with Crippen molar-refractivity contribution >= 4 is 30.6 Å². The van der Waals surface area contributed by atoms with Crippen LogP contribution in [0.2, 0.25) is 0 Å². The first kappa shape index (κ1) is 26.6. The van der Waals surface area contributed by atoms with Gasteiger partial charge in [0.25, 0.3) is 0 Å². The van der Waals surface area contributed by atoms with E-state index in [1.807, 2.05) is 60.7 Å². The third-order valence-electron chi connectivity index (χ3n) is 5.17. The number of ether oxygens (including phenoxy) is 1. The predicted molar refractivity (Wildman–Crippen MR) is 125 cm³/mol. The molecule has 1 aliphatic rings. The Labute approximate surface area is 191 Å². The number of ketones is 1. The van der Waals surface area contributed by atoms with E-state index in [1.165, 1.54) is 0 Å². The van der Waals surface area contributed by atoms with Gasteiger partial charge in [0.1, 0.15) is 6.10 Å². The molecular weight excluding hydrogens is 423 g/mol. The molecule has 1 fully saturated rings. The summed E-state index contributed by atoms with van der Waals surface area (Å²) in [6, 6.07) is 19.1. The van der Waals surface area contributed by atoms with Crippen molar-refractivity contribution in [1.82, 2.24) is 9.80 Å². The number of likely N-dealkylation sites (N-methyl/N-ethyl adjacent to an activating group) is 1. The number of aliphatic hydroxyl groups excluding tert-OH is 1. The van der Waals surface area contributed by atoms with E-state index in [9.17, 15) is 9.90 Å². The molecule has 0 saturated carbocycles. The Bertz CT molecular complexity index is 726. The van der Waals surface area contributed by atoms with E-state index in [0.29, 0.717) is 18.5 Å². The van der Waals surface area contributed by atoms with Crippen molar-refractivity contribution in [3.05, 3.63) is 71.8 Å². The lowest BCUT2D eigenvalue weighted by Crippen LogP contribution is -2.47. The molecule has 0 spiro atoms. The number of benzene rings is 2. The highest BCUT2D eigenvalue weighted by Gasteiger charge is 2.23. The van der Waals surface area contributed by atoms with E-state index in [0.717, 1.165) is 31.7 Å². The van der Waals surface area contributed by atoms with E-state index in [4.69, 9.17) is 4.74 Å². The van der Waals surface area contributed by atoms with Gasteiger partial charge in [0.05, 0.1) is 12.7 Å². The molecule has 0 amide bonds. The number of hydrogen-bond acceptors (Lipinski definition) is 5. The van der Waals surface area contributed by atoms with Crippen LogP contribution in [-0.4, -0.2) is 79.3 Å². The lowest BCUT2D eigenvalue weighted by Gasteiger charge is -2.33. The zero-order valence-electron chi connectivity index (χ0n) is 17.4. The molecule has 5 nitrogen and oxygen atoms in total. The fourth-order valence-corrected chi connectivity index (χ4v) is 3.45. The maximum absolute atomic E-state index is 13.0. The number of hydrogen-bond donors (Lipinski definition) is 1. The van der Waals surface area contributed by atoms with Gasteiger partial charge in [0.2, 0.25) is 0 Å². The molecule has 30 heavy (non-hydrogen) atoms. The normalized spacial score (nSPS) is 16.7. The summed E-state index contributed by atoms with van der Waals surface area (Å²) in [6.45, 7) is 4.65. The van der Waals surface area contributed by atoms with E-state index < -0.39 is 12.2 Å². The Balaban J connectivity index is 0.00000225. The van der Waals surface area contributed by atoms with Crippen LogP contribution < -0.4 is 0 Å². The second-order valence-electron chi connectivity index (χ2n) is 7.50. The summed E-state index contributed by atoms with van der Waals surface area (Å²) in [5.74, 6) is -0.0451. The van der Waals surface area contributed by atoms with Gasteiger partial charge in [-0.2, -0.15) is 0 Å². The van der Waals surface area contributed by atoms with Crippen LogP contribution in [0.4, 0.5) is 0 Å². The van der Waals surface area contributed by atoms with Gasteiger partial charge >= 0.3 is 0 Å². The number of carbonyl (C=O) groups excluding carboxylic acids is 1. The second kappa shape index (κ2) is 13.8. The Morgan fingerprint density at radius 3 is 2.13 bits per heavy atom. The van der Waals surface area contributed by atoms with Crippen LogP contribution in [0, 0.1) is 0 Å². The average molecular weight is 455 g/mol. The standard InChI is InChI=1S/C23H30N2O3.2ClH/c1-24-12-14-25(15-13-24)17-21(26)18-28-22(16-19-8-4-2-5-9-19)23(27)20-10-6-3-7-11-20;;/h2-11,21-22,26H,12-18H2,1H3;2*1H. The van der Waals surface area contributed by atoms with Crippen molar-refractivity contribution in [2.24, 2.45) is 0 Å². The summed E-state index contributed by atoms with van der Waals surface area (Å²) in [4.78, 5) is 17.5. The Morgan fingerprint density at radius 1 is 0.967 bits per heavy atom. The van der Waals surface area contributed by atoms with Gasteiger partial charge < -0.3 is 14.7 Å². The van der Waals surface area contributed by atoms with Crippen molar-refractivity contribution in [2.75, 3.05) is 46.4 Å². The van der Waals surface area contributed by atoms with Crippen molar-refractivity contribution in [3.63, 3.8) is 0 Å². The molecule has 1 heterocycles. The summed E-state index contributed by atoms with van der Waals surface area (Å²) in [5.41, 5.74) is 1.68. The first-order valence-electron chi connectivity index (χ1n) is 9.95. The number of halogens is 2. The predicted octanol–water partition coefficient (Wildman–Crippen LogP) is 2.95. The molecule has 1 N–H and O–H groups in total. The molecule has 1 saturated heterocycles. The zero-order valence-corrected chi connectivity index (χ0v) is 19.0. The van der Waals surface area contributed by atoms with E-state index in [2.05, 4.69) is 16.8 Å². The molecular formula is C23H32Cl2N2O3. The van der Waals surface area contributed by atoms with Crippen LogP contribution in [0.5, 0.6) is 0 Å². The number of β-amino-alcohol motifs (C(OH)–C–C–N with tert-alkyl or cyclic N) is 1. The zero-order chi connectivity index (χ0) is 19.8. The van der Waals surface area contributed by atoms with Gasteiger partial charge in [-0.15, -0.1) is 24.8 Å². The minimum absolute atomic E-state index is 0. The molecule has 7 heteroatoms. The summed E-state index contributed by atoms with van der Waals surface area (Å²) < 4.78 is 5.95. The molecule has 0 bridgehead atoms. The minimum atomic E-state index is -0.606. The maximum Gasteiger partial charge on any atom is 0.191 e. The lowest BCUT2D eigenvalue weighted by molar-refractivity contribution is -0.0174. The number of carbonyl (C=O) groups is 1. The Hall–Kier alpha value is -1.47. The van der Waals surface area contributed by atoms with Gasteiger partial charge in [0, 0.05) is 44.7 Å². The summed E-state index contributed by atoms with van der Waals surface area (Å²) in [6.07, 6.45) is -0.715. The molecule has 2 atom stereocenters. The third kappa shape index (κ3) is 8.34. The molecule has 166 valence electrons. The monoisotopic (exact) mass is 454 g/mol. The highest BCUT2D eigenvalue weighted by atomic mass is 35.5. The number of rotatable bonds is 9. The van der Waals surface area contributed by atoms with Gasteiger partial charge in [-0.05, 0) is 12.6 Å². The number of aliphatic hydroxyl groups is 1. The van der Waals surface area contributed by atoms with Crippen LogP contribution in [0.1, 0.15) is 15.9 Å². The number of Topliss-reactive ketones (excluding diaryl/α,β-unsaturated/α-hetero) is 1. The van der Waals surface area contributed by atoms with Crippen molar-refractivity contribution < 1.29 is 14.6 Å². The van der Waals surface area contributed by atoms with Crippen molar-refractivity contribution in [2.45, 2.75) is 18.6 Å². The van der Waals surface area contributed by atoms with Gasteiger partial charge in [-0.1, -0.05) is 60.7 Å². The van der Waals surface area contributed by atoms with E-state index >= 15 is 0 Å². The molecule has 2 aromatic rings. The molecule has 3 rings (SSSR count). The summed E-state index contributed by atoms with van der Waals surface area (Å²) >= 11 is 0. The van der Waals surface area contributed by atoms with Crippen LogP contribution in [0.25, 0.3) is 0 Å². The van der Waals surface area contributed by atoms with E-state index in [1.54, 1.807) is 0 Å². The van der Waals surface area contributed by atoms with Crippen molar-refractivity contribution in [3.8, 4) is 0 Å². The summed E-state index contributed by atoms with van der Waals surface area (Å²) in [5, 5.41) is 10.4. The van der Waals surface area contributed by atoms with Crippen LogP contribution >= 0.6 is 24.8 Å². The highest BCUT2D eigenvalue weighted by molar-refractivity contribution is 5.99. The molecule has 0 radical (unpaired) electrons. The minimum Gasteiger partial charge on any atom is -0.389 e. The largest absolute Gasteiger partial charge is 0.389 e. The van der Waals surface area contributed by atoms with Gasteiger partial charge in [0.15, 0.2) is 5.78 Å². The van der Waals surface area contributed by atoms with E-state index in [-0.39, 0.29) is 37.2 Å². The van der Waals surface area contributed by atoms with Crippen LogP contribution in [0.15, 0.2) is 60.7 Å². The first-order chi connectivity index (χ1) is 13.6. The van der Waals surface area contributed by atoms with Gasteiger partial charge in [-0.25, -0.2) is 0 Å². The lowest BCUT2D eigenvalue weighted by atomic mass is 10.00. The molecule has 0 aromatic heterocycles. The molecule has 2 unspecified atom stereocenters. The maximum atomic E-state index is 13.0. The molecule has 0 aliphatic carbocycles. The first-order valence-corrected chi connectivity index (χ1v) is 9.95. The highest BCUT2D eigenvalue weighted by Crippen LogP contribution is 2.13. The average Bonchev–Trinajstić information content (AvgIpc) is 2.73. The number of piperazine rings is 1. The van der Waals surface area contributed by atoms with Crippen LogP contribution in [0.3, 0.4) is 0 Å². The fourth-order valence-electron chi connectivity index (χ4n) is 3.45. The van der Waals surface area contributed by atoms with Gasteiger partial charge in [-0.3, -0.25) is 9.69 Å². The van der Waals surface area contributed by atoms with Crippen LogP contribution in [-0.2, 0) is 11.2 Å². The van der Waals surface area contributed by atoms with Crippen molar-refractivity contribution in [1.29, 1.82) is 0 Å². The Morgan fingerprint density at radius 2 is 1.53 bits per heavy atom. The second-order valence-corrected chi connectivity index (χ2v) is 7.50. The summed E-state index contributed by atoms with van der Waals surface area (Å²) in [7, 11) is 2.11. The Kier molecular flexibility index (Phi) is 12.2.